The van der Waals surface area contributed by atoms with E-state index in [0.717, 1.165) is 0 Å². The van der Waals surface area contributed by atoms with Crippen molar-refractivity contribution in [3.63, 3.8) is 0 Å². The summed E-state index contributed by atoms with van der Waals surface area (Å²) in [5, 5.41) is 17.4. The molecule has 3 rings (SSSR count). The number of ether oxygens (including phenoxy) is 5. The summed E-state index contributed by atoms with van der Waals surface area (Å²) in [5.41, 5.74) is 4.95. The van der Waals surface area contributed by atoms with Crippen LogP contribution in [0.2, 0.25) is 0 Å². The minimum absolute atomic E-state index is 0.160. The number of nitrogens with one attached hydrogen (secondary N) is 1. The van der Waals surface area contributed by atoms with Gasteiger partial charge in [0.15, 0.2) is 18.0 Å². The van der Waals surface area contributed by atoms with Gasteiger partial charge < -0.3 is 29.4 Å². The summed E-state index contributed by atoms with van der Waals surface area (Å²) in [6.07, 6.45) is -2.45. The van der Waals surface area contributed by atoms with Crippen molar-refractivity contribution in [3.05, 3.63) is 24.2 Å². The molecule has 0 saturated carbocycles. The molecule has 0 bridgehead atoms. The van der Waals surface area contributed by atoms with Crippen LogP contribution < -0.4 is 11.1 Å². The lowest BCUT2D eigenvalue weighted by Crippen LogP contribution is -2.50. The summed E-state index contributed by atoms with van der Waals surface area (Å²) < 4.78 is 29.7. The minimum atomic E-state index is -1.89. The molecule has 1 aliphatic heterocycles. The lowest BCUT2D eigenvalue weighted by atomic mass is 9.95. The SMILES string of the molecule is COC(=O)[C@H](C)NCOC[C@@]1(C#N)O[C@@H](c2ccc3c(N)ncnn23)[C@H](OC(=O)C(C)C)[C@@H]1OC(=O)C(C)C. The van der Waals surface area contributed by atoms with Gasteiger partial charge in [0.05, 0.1) is 38.0 Å². The van der Waals surface area contributed by atoms with Crippen molar-refractivity contribution in [2.75, 3.05) is 26.2 Å². The van der Waals surface area contributed by atoms with Crippen molar-refractivity contribution >= 4 is 29.2 Å². The molecule has 3 N–H and O–H groups in total. The standard InChI is InChI=1S/C25H34N6O8/c1-13(2)22(32)37-19-18(16-7-8-17-21(27)28-11-30-31(16)17)39-25(9-26,20(19)38-23(33)14(3)4)10-36-12-29-15(5)24(34)35-6/h7-8,11,13-15,18-20,29H,10,12H2,1-6H3,(H2,27,28,30)/t15-,18-,19-,20-,25+/m0/s1. The van der Waals surface area contributed by atoms with Crippen LogP contribution in [0.4, 0.5) is 5.82 Å². The van der Waals surface area contributed by atoms with Gasteiger partial charge in [0.25, 0.3) is 0 Å². The van der Waals surface area contributed by atoms with E-state index in [1.165, 1.54) is 18.0 Å². The van der Waals surface area contributed by atoms with E-state index < -0.39 is 66.3 Å². The predicted molar refractivity (Wildman–Crippen MR) is 134 cm³/mol. The molecule has 0 aliphatic carbocycles. The number of methoxy groups -OCH3 is 1. The Bertz CT molecular complexity index is 1240. The highest BCUT2D eigenvalue weighted by atomic mass is 16.7. The molecule has 2 aromatic heterocycles. The average Bonchev–Trinajstić information content (AvgIpc) is 3.46. The largest absolute Gasteiger partial charge is 0.468 e. The molecule has 1 saturated heterocycles. The van der Waals surface area contributed by atoms with Gasteiger partial charge in [0.2, 0.25) is 5.60 Å². The Hall–Kier alpha value is -3.80. The smallest absolute Gasteiger partial charge is 0.322 e. The zero-order valence-corrected chi connectivity index (χ0v) is 22.7. The number of carbonyl (C=O) groups excluding carboxylic acids is 3. The number of nitrogens with zero attached hydrogens (tertiary/aromatic N) is 4. The number of anilines is 1. The highest BCUT2D eigenvalue weighted by Gasteiger charge is 2.61. The van der Waals surface area contributed by atoms with E-state index in [-0.39, 0.29) is 12.5 Å². The number of aromatic nitrogens is 3. The third-order valence-electron chi connectivity index (χ3n) is 6.19. The molecule has 0 amide bonds. The first-order chi connectivity index (χ1) is 18.5. The zero-order valence-electron chi connectivity index (χ0n) is 22.7. The Morgan fingerprint density at radius 3 is 2.44 bits per heavy atom. The average molecular weight is 547 g/mol. The molecule has 2 aromatic rings. The maximum atomic E-state index is 12.8. The molecule has 5 atom stereocenters. The minimum Gasteiger partial charge on any atom is -0.468 e. The molecular formula is C25H34N6O8. The number of fused-ring (bicyclic) bond motifs is 1. The highest BCUT2D eigenvalue weighted by Crippen LogP contribution is 2.44. The summed E-state index contributed by atoms with van der Waals surface area (Å²) in [7, 11) is 1.26. The number of esters is 3. The molecule has 1 fully saturated rings. The lowest BCUT2D eigenvalue weighted by molar-refractivity contribution is -0.174. The van der Waals surface area contributed by atoms with E-state index in [1.54, 1.807) is 46.8 Å². The molecule has 3 heterocycles. The number of rotatable bonds is 11. The van der Waals surface area contributed by atoms with E-state index in [4.69, 9.17) is 24.7 Å². The summed E-state index contributed by atoms with van der Waals surface area (Å²) in [4.78, 5) is 41.2. The fourth-order valence-corrected chi connectivity index (χ4v) is 3.90. The van der Waals surface area contributed by atoms with E-state index in [2.05, 4.69) is 26.2 Å². The number of hydrogen-bond acceptors (Lipinski definition) is 13. The Balaban J connectivity index is 2.03. The second-order valence-corrected chi connectivity index (χ2v) is 9.75. The second-order valence-electron chi connectivity index (χ2n) is 9.75. The fraction of sp³-hybridized carbons (Fsp3) is 0.600. The summed E-state index contributed by atoms with van der Waals surface area (Å²) in [6.45, 7) is 7.59. The zero-order chi connectivity index (χ0) is 28.9. The van der Waals surface area contributed by atoms with Crippen LogP contribution in [0.1, 0.15) is 46.4 Å². The van der Waals surface area contributed by atoms with E-state index in [0.29, 0.717) is 11.2 Å². The lowest BCUT2D eigenvalue weighted by Gasteiger charge is -2.29. The first kappa shape index (κ1) is 29.8. The van der Waals surface area contributed by atoms with Crippen molar-refractivity contribution in [2.45, 2.75) is 64.6 Å². The van der Waals surface area contributed by atoms with Gasteiger partial charge in [-0.15, -0.1) is 0 Å². The normalized spacial score (nSPS) is 23.5. The first-order valence-corrected chi connectivity index (χ1v) is 12.4. The van der Waals surface area contributed by atoms with Gasteiger partial charge in [0.1, 0.15) is 30.1 Å². The molecule has 39 heavy (non-hydrogen) atoms. The molecular weight excluding hydrogens is 512 g/mol. The molecule has 0 radical (unpaired) electrons. The topological polar surface area (TPSA) is 189 Å². The van der Waals surface area contributed by atoms with E-state index >= 15 is 0 Å². The van der Waals surface area contributed by atoms with Gasteiger partial charge in [-0.2, -0.15) is 10.4 Å². The Morgan fingerprint density at radius 1 is 1.15 bits per heavy atom. The van der Waals surface area contributed by atoms with E-state index in [9.17, 15) is 19.6 Å². The number of nitrogen functional groups attached to an aromatic ring is 1. The Morgan fingerprint density at radius 2 is 1.82 bits per heavy atom. The molecule has 0 unspecified atom stereocenters. The molecule has 212 valence electrons. The van der Waals surface area contributed by atoms with Crippen molar-refractivity contribution in [1.29, 1.82) is 5.26 Å². The van der Waals surface area contributed by atoms with Crippen molar-refractivity contribution < 1.29 is 38.1 Å². The molecule has 1 aliphatic rings. The van der Waals surface area contributed by atoms with Gasteiger partial charge in [-0.3, -0.25) is 19.7 Å². The van der Waals surface area contributed by atoms with Crippen molar-refractivity contribution in [3.8, 4) is 6.07 Å². The van der Waals surface area contributed by atoms with Crippen molar-refractivity contribution in [1.82, 2.24) is 19.9 Å². The quantitative estimate of drug-likeness (QED) is 0.175. The summed E-state index contributed by atoms with van der Waals surface area (Å²) in [6, 6.07) is 4.70. The third-order valence-corrected chi connectivity index (χ3v) is 6.19. The first-order valence-electron chi connectivity index (χ1n) is 12.4. The van der Waals surface area contributed by atoms with Crippen LogP contribution in [0.15, 0.2) is 18.5 Å². The van der Waals surface area contributed by atoms with Gasteiger partial charge in [-0.05, 0) is 19.1 Å². The van der Waals surface area contributed by atoms with Crippen molar-refractivity contribution in [2.24, 2.45) is 11.8 Å². The maximum Gasteiger partial charge on any atom is 0.322 e. The Kier molecular flexibility index (Phi) is 9.44. The van der Waals surface area contributed by atoms with Gasteiger partial charge in [0, 0.05) is 0 Å². The van der Waals surface area contributed by atoms with Crippen LogP contribution in [0.5, 0.6) is 0 Å². The van der Waals surface area contributed by atoms with E-state index in [1.807, 2.05) is 0 Å². The Labute approximate surface area is 225 Å². The molecule has 0 spiro atoms. The summed E-state index contributed by atoms with van der Waals surface area (Å²) in [5.74, 6) is -2.58. The van der Waals surface area contributed by atoms with Crippen LogP contribution in [0, 0.1) is 23.2 Å². The third kappa shape index (κ3) is 6.27. The highest BCUT2D eigenvalue weighted by molar-refractivity contribution is 5.75. The predicted octanol–water partition coefficient (Wildman–Crippen LogP) is 0.906. The summed E-state index contributed by atoms with van der Waals surface area (Å²) >= 11 is 0. The van der Waals surface area contributed by atoms with Gasteiger partial charge >= 0.3 is 17.9 Å². The molecule has 14 nitrogen and oxygen atoms in total. The van der Waals surface area contributed by atoms with Crippen LogP contribution >= 0.6 is 0 Å². The van der Waals surface area contributed by atoms with Crippen LogP contribution in [-0.2, 0) is 38.1 Å². The monoisotopic (exact) mass is 546 g/mol. The maximum absolute atomic E-state index is 12.8. The number of carbonyl (C=O) groups is 3. The molecule has 14 heteroatoms. The van der Waals surface area contributed by atoms with Gasteiger partial charge in [-0.25, -0.2) is 9.50 Å². The van der Waals surface area contributed by atoms with Crippen LogP contribution in [-0.4, -0.2) is 76.8 Å². The van der Waals surface area contributed by atoms with Gasteiger partial charge in [-0.1, -0.05) is 27.7 Å². The number of nitriles is 1. The van der Waals surface area contributed by atoms with Crippen LogP contribution in [0.3, 0.4) is 0 Å². The fourth-order valence-electron chi connectivity index (χ4n) is 3.90. The number of hydrogen-bond donors (Lipinski definition) is 2. The second kappa shape index (κ2) is 12.4. The number of nitrogens with two attached hydrogens (primary N) is 1. The van der Waals surface area contributed by atoms with Crippen LogP contribution in [0.25, 0.3) is 5.52 Å². The molecule has 0 aromatic carbocycles.